The first kappa shape index (κ1) is 11.0. The molecule has 0 aromatic carbocycles. The average Bonchev–Trinajstić information content (AvgIpc) is 2.63. The van der Waals surface area contributed by atoms with Crippen LogP contribution in [0, 0.1) is 0 Å². The summed E-state index contributed by atoms with van der Waals surface area (Å²) < 4.78 is 5.12. The maximum atomic E-state index is 8.99. The van der Waals surface area contributed by atoms with Crippen LogP contribution in [0.1, 0.15) is 19.1 Å². The van der Waals surface area contributed by atoms with Gasteiger partial charge >= 0.3 is 0 Å². The van der Waals surface area contributed by atoms with E-state index in [1.807, 2.05) is 24.3 Å². The molecule has 1 atom stereocenters. The topological polar surface area (TPSA) is 45.4 Å². The summed E-state index contributed by atoms with van der Waals surface area (Å²) in [7, 11) is 0. The Morgan fingerprint density at radius 1 is 1.64 bits per heavy atom. The second-order valence-electron chi connectivity index (χ2n) is 3.26. The fraction of sp³-hybridized carbons (Fsp3) is 0.455. The van der Waals surface area contributed by atoms with Gasteiger partial charge in [0.1, 0.15) is 5.76 Å². The summed E-state index contributed by atoms with van der Waals surface area (Å²) in [5.41, 5.74) is 0. The molecule has 0 saturated heterocycles. The van der Waals surface area contributed by atoms with Crippen molar-refractivity contribution < 1.29 is 9.52 Å². The van der Waals surface area contributed by atoms with Crippen molar-refractivity contribution in [3.05, 3.63) is 30.2 Å². The molecule has 1 unspecified atom stereocenters. The van der Waals surface area contributed by atoms with Gasteiger partial charge in [-0.05, 0) is 38.1 Å². The van der Waals surface area contributed by atoms with Crippen molar-refractivity contribution in [2.24, 2.45) is 0 Å². The Labute approximate surface area is 84.4 Å². The van der Waals surface area contributed by atoms with E-state index in [0.29, 0.717) is 0 Å². The monoisotopic (exact) mass is 195 g/mol. The van der Waals surface area contributed by atoms with Crippen molar-refractivity contribution in [1.29, 1.82) is 0 Å². The molecule has 0 spiro atoms. The maximum Gasteiger partial charge on any atom is 0.126 e. The highest BCUT2D eigenvalue weighted by molar-refractivity contribution is 5.42. The van der Waals surface area contributed by atoms with E-state index in [2.05, 4.69) is 5.32 Å². The minimum Gasteiger partial charge on any atom is -0.465 e. The Bertz CT molecular complexity index is 252. The van der Waals surface area contributed by atoms with Gasteiger partial charge in [-0.25, -0.2) is 0 Å². The van der Waals surface area contributed by atoms with Gasteiger partial charge in [-0.15, -0.1) is 0 Å². The maximum absolute atomic E-state index is 8.99. The zero-order chi connectivity index (χ0) is 10.2. The molecule has 14 heavy (non-hydrogen) atoms. The zero-order valence-corrected chi connectivity index (χ0v) is 8.44. The molecule has 0 aliphatic heterocycles. The Balaban J connectivity index is 2.04. The molecule has 0 amide bonds. The first-order valence-corrected chi connectivity index (χ1v) is 4.88. The van der Waals surface area contributed by atoms with Gasteiger partial charge in [-0.2, -0.15) is 0 Å². The minimum absolute atomic E-state index is 0.225. The number of rotatable bonds is 6. The van der Waals surface area contributed by atoms with E-state index >= 15 is 0 Å². The molecule has 0 bridgehead atoms. The lowest BCUT2D eigenvalue weighted by Gasteiger charge is -2.03. The third-order valence-corrected chi connectivity index (χ3v) is 1.83. The van der Waals surface area contributed by atoms with E-state index in [4.69, 9.17) is 9.52 Å². The van der Waals surface area contributed by atoms with Crippen molar-refractivity contribution >= 4 is 6.08 Å². The van der Waals surface area contributed by atoms with Crippen LogP contribution < -0.4 is 5.32 Å². The van der Waals surface area contributed by atoms with Gasteiger partial charge in [0.25, 0.3) is 0 Å². The highest BCUT2D eigenvalue weighted by atomic mass is 16.3. The molecule has 78 valence electrons. The highest BCUT2D eigenvalue weighted by Crippen LogP contribution is 2.01. The van der Waals surface area contributed by atoms with E-state index in [-0.39, 0.29) is 6.10 Å². The van der Waals surface area contributed by atoms with Crippen LogP contribution in [-0.4, -0.2) is 24.3 Å². The third-order valence-electron chi connectivity index (χ3n) is 1.83. The van der Waals surface area contributed by atoms with Crippen LogP contribution in [0.5, 0.6) is 0 Å². The first-order chi connectivity index (χ1) is 6.79. The molecule has 0 aliphatic rings. The van der Waals surface area contributed by atoms with Crippen LogP contribution in [0.2, 0.25) is 0 Å². The molecule has 1 aromatic rings. The number of aliphatic hydroxyl groups is 1. The van der Waals surface area contributed by atoms with Gasteiger partial charge in [0.15, 0.2) is 0 Å². The Kier molecular flexibility index (Phi) is 5.04. The quantitative estimate of drug-likeness (QED) is 0.678. The van der Waals surface area contributed by atoms with Crippen molar-refractivity contribution in [1.82, 2.24) is 5.32 Å². The van der Waals surface area contributed by atoms with Gasteiger partial charge in [0.05, 0.1) is 12.4 Å². The molecule has 0 fully saturated rings. The molecular weight excluding hydrogens is 178 g/mol. The van der Waals surface area contributed by atoms with Crippen LogP contribution >= 0.6 is 0 Å². The fourth-order valence-electron chi connectivity index (χ4n) is 1.06. The lowest BCUT2D eigenvalue weighted by atomic mass is 10.3. The van der Waals surface area contributed by atoms with Gasteiger partial charge in [-0.1, -0.05) is 6.08 Å². The highest BCUT2D eigenvalue weighted by Gasteiger charge is 1.92. The Morgan fingerprint density at radius 2 is 2.50 bits per heavy atom. The minimum atomic E-state index is -0.225. The summed E-state index contributed by atoms with van der Waals surface area (Å²) >= 11 is 0. The molecule has 3 nitrogen and oxygen atoms in total. The molecule has 1 rings (SSSR count). The predicted molar refractivity (Wildman–Crippen MR) is 56.9 cm³/mol. The van der Waals surface area contributed by atoms with Crippen LogP contribution in [0.25, 0.3) is 6.08 Å². The molecule has 1 aromatic heterocycles. The van der Waals surface area contributed by atoms with Crippen molar-refractivity contribution in [3.63, 3.8) is 0 Å². The van der Waals surface area contributed by atoms with Crippen LogP contribution in [0.3, 0.4) is 0 Å². The van der Waals surface area contributed by atoms with Crippen LogP contribution in [0.4, 0.5) is 0 Å². The van der Waals surface area contributed by atoms with Crippen LogP contribution in [0.15, 0.2) is 28.9 Å². The molecule has 0 saturated carbocycles. The lowest BCUT2D eigenvalue weighted by molar-refractivity contribution is 0.184. The van der Waals surface area contributed by atoms with E-state index < -0.39 is 0 Å². The normalized spacial score (nSPS) is 13.6. The summed E-state index contributed by atoms with van der Waals surface area (Å²) in [5, 5.41) is 12.2. The van der Waals surface area contributed by atoms with Crippen LogP contribution in [-0.2, 0) is 0 Å². The predicted octanol–water partition coefficient (Wildman–Crippen LogP) is 1.65. The molecule has 2 N–H and O–H groups in total. The summed E-state index contributed by atoms with van der Waals surface area (Å²) in [4.78, 5) is 0. The molecule has 1 heterocycles. The third kappa shape index (κ3) is 4.84. The lowest BCUT2D eigenvalue weighted by Crippen LogP contribution is -2.18. The fourth-order valence-corrected chi connectivity index (χ4v) is 1.06. The van der Waals surface area contributed by atoms with Crippen molar-refractivity contribution in [2.75, 3.05) is 13.1 Å². The van der Waals surface area contributed by atoms with E-state index in [0.717, 1.165) is 25.3 Å². The van der Waals surface area contributed by atoms with Crippen molar-refractivity contribution in [2.45, 2.75) is 19.4 Å². The molecule has 0 aliphatic carbocycles. The number of hydrogen-bond donors (Lipinski definition) is 2. The van der Waals surface area contributed by atoms with E-state index in [9.17, 15) is 0 Å². The molecule has 3 heteroatoms. The number of furan rings is 1. The van der Waals surface area contributed by atoms with E-state index in [1.165, 1.54) is 0 Å². The number of hydrogen-bond acceptors (Lipinski definition) is 3. The number of aliphatic hydroxyl groups excluding tert-OH is 1. The Morgan fingerprint density at radius 3 is 3.14 bits per heavy atom. The van der Waals surface area contributed by atoms with E-state index in [1.54, 1.807) is 13.2 Å². The largest absolute Gasteiger partial charge is 0.465 e. The first-order valence-electron chi connectivity index (χ1n) is 4.88. The molecular formula is C11H17NO2. The zero-order valence-electron chi connectivity index (χ0n) is 8.44. The second-order valence-corrected chi connectivity index (χ2v) is 3.26. The summed E-state index contributed by atoms with van der Waals surface area (Å²) in [5.74, 6) is 0.863. The number of nitrogens with one attached hydrogen (secondary N) is 1. The standard InChI is InChI=1S/C11H17NO2/c1-10(13)6-8-12-7-2-4-11-5-3-9-14-11/h2-5,9-10,12-13H,6-8H2,1H3/b4-2+. The summed E-state index contributed by atoms with van der Waals surface area (Å²) in [6.07, 6.45) is 6.14. The van der Waals surface area contributed by atoms with Gasteiger partial charge < -0.3 is 14.8 Å². The van der Waals surface area contributed by atoms with Gasteiger partial charge in [-0.3, -0.25) is 0 Å². The smallest absolute Gasteiger partial charge is 0.126 e. The van der Waals surface area contributed by atoms with Gasteiger partial charge in [0.2, 0.25) is 0 Å². The second kappa shape index (κ2) is 6.40. The molecule has 0 radical (unpaired) electrons. The summed E-state index contributed by atoms with van der Waals surface area (Å²) in [6.45, 7) is 3.42. The van der Waals surface area contributed by atoms with Crippen molar-refractivity contribution in [3.8, 4) is 0 Å². The average molecular weight is 195 g/mol. The Hall–Kier alpha value is -1.06. The summed E-state index contributed by atoms with van der Waals surface area (Å²) in [6, 6.07) is 3.77. The SMILES string of the molecule is CC(O)CCNC/C=C/c1ccco1. The van der Waals surface area contributed by atoms with Gasteiger partial charge in [0, 0.05) is 6.54 Å².